The van der Waals surface area contributed by atoms with Crippen LogP contribution in [0.2, 0.25) is 0 Å². The van der Waals surface area contributed by atoms with Crippen molar-refractivity contribution in [1.82, 2.24) is 4.90 Å². The molecule has 0 bridgehead atoms. The van der Waals surface area contributed by atoms with Gasteiger partial charge in [0, 0.05) is 12.7 Å². The van der Waals surface area contributed by atoms with E-state index in [1.807, 2.05) is 24.3 Å². The van der Waals surface area contributed by atoms with Crippen LogP contribution in [0.4, 0.5) is 0 Å². The second kappa shape index (κ2) is 5.39. The van der Waals surface area contributed by atoms with E-state index in [0.29, 0.717) is 0 Å². The molecule has 1 aliphatic rings. The van der Waals surface area contributed by atoms with E-state index in [9.17, 15) is 0 Å². The summed E-state index contributed by atoms with van der Waals surface area (Å²) in [5, 5.41) is 0. The van der Waals surface area contributed by atoms with Gasteiger partial charge in [-0.1, -0.05) is 36.4 Å². The van der Waals surface area contributed by atoms with Gasteiger partial charge in [0.05, 0.1) is 7.11 Å². The van der Waals surface area contributed by atoms with Crippen molar-refractivity contribution >= 4 is 6.08 Å². The van der Waals surface area contributed by atoms with Crippen LogP contribution in [0.25, 0.3) is 6.08 Å². The van der Waals surface area contributed by atoms with Crippen molar-refractivity contribution in [3.05, 3.63) is 71.4 Å². The van der Waals surface area contributed by atoms with Crippen molar-refractivity contribution in [1.29, 1.82) is 0 Å². The Morgan fingerprint density at radius 3 is 2.60 bits per heavy atom. The molecule has 0 amide bonds. The third-order valence-corrected chi connectivity index (χ3v) is 3.64. The molecule has 102 valence electrons. The summed E-state index contributed by atoms with van der Waals surface area (Å²) in [7, 11) is 1.68. The molecule has 20 heavy (non-hydrogen) atoms. The SMILES string of the molecule is COc1ccc(CN2C=Cc3ccccc3C2N)cc1. The predicted octanol–water partition coefficient (Wildman–Crippen LogP) is 3.14. The molecule has 0 aliphatic carbocycles. The van der Waals surface area contributed by atoms with E-state index in [1.165, 1.54) is 16.7 Å². The molecule has 1 heterocycles. The van der Waals surface area contributed by atoms with Crippen LogP contribution in [0.5, 0.6) is 5.75 Å². The van der Waals surface area contributed by atoms with Crippen LogP contribution in [-0.2, 0) is 6.54 Å². The Bertz CT molecular complexity index is 619. The Kier molecular flexibility index (Phi) is 3.44. The summed E-state index contributed by atoms with van der Waals surface area (Å²) in [5.74, 6) is 0.873. The largest absolute Gasteiger partial charge is 0.497 e. The first kappa shape index (κ1) is 12.8. The van der Waals surface area contributed by atoms with Crippen LogP contribution in [-0.4, -0.2) is 12.0 Å². The molecule has 2 N–H and O–H groups in total. The van der Waals surface area contributed by atoms with Gasteiger partial charge in [-0.2, -0.15) is 0 Å². The molecule has 0 saturated carbocycles. The lowest BCUT2D eigenvalue weighted by atomic mass is 10.0. The number of benzene rings is 2. The average molecular weight is 266 g/mol. The van der Waals surface area contributed by atoms with Crippen LogP contribution >= 0.6 is 0 Å². The number of rotatable bonds is 3. The van der Waals surface area contributed by atoms with Gasteiger partial charge in [-0.05, 0) is 34.9 Å². The summed E-state index contributed by atoms with van der Waals surface area (Å²) in [6, 6.07) is 16.3. The molecule has 1 unspecified atom stereocenters. The van der Waals surface area contributed by atoms with Gasteiger partial charge < -0.3 is 15.4 Å². The maximum atomic E-state index is 6.34. The minimum Gasteiger partial charge on any atom is -0.497 e. The third kappa shape index (κ3) is 2.40. The Hall–Kier alpha value is -2.26. The van der Waals surface area contributed by atoms with E-state index in [4.69, 9.17) is 10.5 Å². The highest BCUT2D eigenvalue weighted by atomic mass is 16.5. The fourth-order valence-electron chi connectivity index (χ4n) is 2.47. The van der Waals surface area contributed by atoms with Crippen LogP contribution in [0.15, 0.2) is 54.7 Å². The molecule has 2 aromatic carbocycles. The predicted molar refractivity (Wildman–Crippen MR) is 80.9 cm³/mol. The zero-order chi connectivity index (χ0) is 13.9. The highest BCUT2D eigenvalue weighted by molar-refractivity contribution is 5.56. The van der Waals surface area contributed by atoms with Gasteiger partial charge in [0.15, 0.2) is 0 Å². The molecule has 3 heteroatoms. The topological polar surface area (TPSA) is 38.5 Å². The molecule has 0 saturated heterocycles. The van der Waals surface area contributed by atoms with Crippen LogP contribution in [0.1, 0.15) is 22.9 Å². The lowest BCUT2D eigenvalue weighted by molar-refractivity contribution is 0.275. The van der Waals surface area contributed by atoms with E-state index in [-0.39, 0.29) is 6.17 Å². The smallest absolute Gasteiger partial charge is 0.118 e. The fraction of sp³-hybridized carbons (Fsp3) is 0.176. The Morgan fingerprint density at radius 1 is 1.10 bits per heavy atom. The van der Waals surface area contributed by atoms with Crippen molar-refractivity contribution in [3.8, 4) is 5.75 Å². The molecule has 1 atom stereocenters. The Labute approximate surface area is 119 Å². The van der Waals surface area contributed by atoms with Crippen LogP contribution < -0.4 is 10.5 Å². The van der Waals surface area contributed by atoms with Crippen molar-refractivity contribution in [2.24, 2.45) is 5.73 Å². The van der Waals surface area contributed by atoms with E-state index < -0.39 is 0 Å². The first-order chi connectivity index (χ1) is 9.78. The number of nitrogens with two attached hydrogens (primary N) is 1. The first-order valence-electron chi connectivity index (χ1n) is 6.69. The van der Waals surface area contributed by atoms with Gasteiger partial charge in [-0.3, -0.25) is 0 Å². The van der Waals surface area contributed by atoms with Gasteiger partial charge in [0.1, 0.15) is 11.9 Å². The van der Waals surface area contributed by atoms with Gasteiger partial charge in [-0.25, -0.2) is 0 Å². The lowest BCUT2D eigenvalue weighted by Gasteiger charge is -2.32. The second-order valence-corrected chi connectivity index (χ2v) is 4.91. The Morgan fingerprint density at radius 2 is 1.85 bits per heavy atom. The number of fused-ring (bicyclic) bond motifs is 1. The summed E-state index contributed by atoms with van der Waals surface area (Å²) in [5.41, 5.74) is 9.93. The number of hydrogen-bond donors (Lipinski definition) is 1. The van der Waals surface area contributed by atoms with Gasteiger partial charge in [0.2, 0.25) is 0 Å². The summed E-state index contributed by atoms with van der Waals surface area (Å²) in [6.07, 6.45) is 4.08. The zero-order valence-corrected chi connectivity index (χ0v) is 11.5. The molecule has 2 aromatic rings. The van der Waals surface area contributed by atoms with Crippen molar-refractivity contribution in [2.75, 3.05) is 7.11 Å². The highest BCUT2D eigenvalue weighted by Gasteiger charge is 2.19. The van der Waals surface area contributed by atoms with Crippen molar-refractivity contribution in [3.63, 3.8) is 0 Å². The van der Waals surface area contributed by atoms with Crippen molar-refractivity contribution < 1.29 is 4.74 Å². The molecule has 0 aromatic heterocycles. The maximum Gasteiger partial charge on any atom is 0.118 e. The molecular formula is C17H18N2O. The highest BCUT2D eigenvalue weighted by Crippen LogP contribution is 2.27. The van der Waals surface area contributed by atoms with Crippen LogP contribution in [0, 0.1) is 0 Å². The van der Waals surface area contributed by atoms with Gasteiger partial charge >= 0.3 is 0 Å². The fourth-order valence-corrected chi connectivity index (χ4v) is 2.47. The molecule has 3 nitrogen and oxygen atoms in total. The average Bonchev–Trinajstić information content (AvgIpc) is 2.51. The van der Waals surface area contributed by atoms with E-state index in [0.717, 1.165) is 12.3 Å². The molecule has 1 aliphatic heterocycles. The Balaban J connectivity index is 1.79. The van der Waals surface area contributed by atoms with Crippen LogP contribution in [0.3, 0.4) is 0 Å². The maximum absolute atomic E-state index is 6.34. The standard InChI is InChI=1S/C17H18N2O/c1-20-15-8-6-13(7-9-15)12-19-11-10-14-4-2-3-5-16(14)17(19)18/h2-11,17H,12,18H2,1H3. The minimum atomic E-state index is -0.0988. The van der Waals surface area contributed by atoms with E-state index >= 15 is 0 Å². The lowest BCUT2D eigenvalue weighted by Crippen LogP contribution is -2.32. The third-order valence-electron chi connectivity index (χ3n) is 3.64. The summed E-state index contributed by atoms with van der Waals surface area (Å²) in [4.78, 5) is 2.14. The van der Waals surface area contributed by atoms with E-state index in [1.54, 1.807) is 7.11 Å². The number of ether oxygens (including phenoxy) is 1. The summed E-state index contributed by atoms with van der Waals surface area (Å²) < 4.78 is 5.17. The summed E-state index contributed by atoms with van der Waals surface area (Å²) in [6.45, 7) is 0.788. The zero-order valence-electron chi connectivity index (χ0n) is 11.5. The minimum absolute atomic E-state index is 0.0988. The second-order valence-electron chi connectivity index (χ2n) is 4.91. The monoisotopic (exact) mass is 266 g/mol. The van der Waals surface area contributed by atoms with E-state index in [2.05, 4.69) is 41.4 Å². The van der Waals surface area contributed by atoms with Gasteiger partial charge in [-0.15, -0.1) is 0 Å². The molecule has 3 rings (SSSR count). The molecule has 0 fully saturated rings. The first-order valence-corrected chi connectivity index (χ1v) is 6.69. The number of hydrogen-bond acceptors (Lipinski definition) is 3. The van der Waals surface area contributed by atoms with Gasteiger partial charge in [0.25, 0.3) is 0 Å². The molecular weight excluding hydrogens is 248 g/mol. The van der Waals surface area contributed by atoms with Crippen molar-refractivity contribution in [2.45, 2.75) is 12.7 Å². The summed E-state index contributed by atoms with van der Waals surface area (Å²) >= 11 is 0. The number of nitrogens with zero attached hydrogens (tertiary/aromatic N) is 1. The number of methoxy groups -OCH3 is 1. The molecule has 0 spiro atoms. The molecule has 0 radical (unpaired) electrons. The normalized spacial score (nSPS) is 16.9. The quantitative estimate of drug-likeness (QED) is 0.927.